The minimum Gasteiger partial charge on any atom is -0.465 e. The van der Waals surface area contributed by atoms with Crippen LogP contribution in [0.5, 0.6) is 0 Å². The van der Waals surface area contributed by atoms with Gasteiger partial charge >= 0.3 is 5.97 Å². The number of rotatable bonds is 3. The molecule has 2 aromatic carbocycles. The molecule has 0 unspecified atom stereocenters. The first-order valence-corrected chi connectivity index (χ1v) is 6.85. The van der Waals surface area contributed by atoms with E-state index in [1.54, 1.807) is 12.1 Å². The molecule has 22 heavy (non-hydrogen) atoms. The highest BCUT2D eigenvalue weighted by Gasteiger charge is 2.09. The second kappa shape index (κ2) is 5.52. The van der Waals surface area contributed by atoms with Crippen LogP contribution in [0.4, 0.5) is 6.01 Å². The Bertz CT molecular complexity index is 820. The Morgan fingerprint density at radius 1 is 1.09 bits per heavy atom. The molecule has 0 aliphatic carbocycles. The van der Waals surface area contributed by atoms with Gasteiger partial charge in [-0.1, -0.05) is 18.2 Å². The molecule has 0 spiro atoms. The lowest BCUT2D eigenvalue weighted by Gasteiger charge is -2.03. The molecule has 5 nitrogen and oxygen atoms in total. The smallest absolute Gasteiger partial charge is 0.337 e. The van der Waals surface area contributed by atoms with E-state index in [9.17, 15) is 4.79 Å². The largest absolute Gasteiger partial charge is 0.465 e. The first kappa shape index (κ1) is 14.1. The molecular weight excluding hydrogens is 280 g/mol. The summed E-state index contributed by atoms with van der Waals surface area (Å²) in [6.07, 6.45) is 0. The summed E-state index contributed by atoms with van der Waals surface area (Å²) in [5.74, 6) is -0.339. The summed E-state index contributed by atoms with van der Waals surface area (Å²) in [6, 6.07) is 13.7. The maximum Gasteiger partial charge on any atom is 0.337 e. The summed E-state index contributed by atoms with van der Waals surface area (Å²) >= 11 is 0. The van der Waals surface area contributed by atoms with Crippen LogP contribution in [-0.4, -0.2) is 32.2 Å². The molecule has 5 heteroatoms. The van der Waals surface area contributed by atoms with Crippen molar-refractivity contribution in [2.45, 2.75) is 0 Å². The maximum absolute atomic E-state index is 11.5. The summed E-state index contributed by atoms with van der Waals surface area (Å²) in [6.45, 7) is 0. The zero-order chi connectivity index (χ0) is 15.7. The fraction of sp³-hybridized carbons (Fsp3) is 0.176. The Morgan fingerprint density at radius 3 is 2.41 bits per heavy atom. The molecule has 0 atom stereocenters. The van der Waals surface area contributed by atoms with Gasteiger partial charge in [-0.25, -0.2) is 4.79 Å². The molecule has 0 radical (unpaired) electrons. The third-order valence-corrected chi connectivity index (χ3v) is 3.40. The number of carbonyl (C=O) groups is 1. The third-order valence-electron chi connectivity index (χ3n) is 3.40. The summed E-state index contributed by atoms with van der Waals surface area (Å²) in [4.78, 5) is 17.7. The lowest BCUT2D eigenvalue weighted by molar-refractivity contribution is 0.0601. The number of carbonyl (C=O) groups excluding carboxylic acids is 1. The van der Waals surface area contributed by atoms with E-state index in [2.05, 4.69) is 4.98 Å². The third kappa shape index (κ3) is 2.53. The Labute approximate surface area is 128 Å². The van der Waals surface area contributed by atoms with Gasteiger partial charge in [-0.15, -0.1) is 0 Å². The van der Waals surface area contributed by atoms with E-state index in [4.69, 9.17) is 9.15 Å². The Morgan fingerprint density at radius 2 is 1.77 bits per heavy atom. The number of anilines is 1. The van der Waals surface area contributed by atoms with Gasteiger partial charge < -0.3 is 14.1 Å². The van der Waals surface area contributed by atoms with Crippen LogP contribution in [0, 0.1) is 0 Å². The fourth-order valence-electron chi connectivity index (χ4n) is 2.20. The SMILES string of the molecule is COC(=O)c1ccc(-c2ccc3oc(N(C)C)nc3c2)cc1. The van der Waals surface area contributed by atoms with E-state index in [1.807, 2.05) is 49.3 Å². The molecule has 3 aromatic rings. The summed E-state index contributed by atoms with van der Waals surface area (Å²) in [5.41, 5.74) is 4.10. The highest BCUT2D eigenvalue weighted by molar-refractivity contribution is 5.90. The van der Waals surface area contributed by atoms with Crippen molar-refractivity contribution in [3.63, 3.8) is 0 Å². The average molecular weight is 296 g/mol. The number of oxazole rings is 1. The van der Waals surface area contributed by atoms with Crippen molar-refractivity contribution < 1.29 is 13.9 Å². The number of aromatic nitrogens is 1. The van der Waals surface area contributed by atoms with Crippen LogP contribution in [0.2, 0.25) is 0 Å². The number of methoxy groups -OCH3 is 1. The molecule has 0 bridgehead atoms. The Hall–Kier alpha value is -2.82. The Balaban J connectivity index is 1.97. The molecule has 0 aliphatic rings. The molecule has 0 amide bonds. The van der Waals surface area contributed by atoms with Crippen LogP contribution >= 0.6 is 0 Å². The van der Waals surface area contributed by atoms with Crippen molar-refractivity contribution in [1.82, 2.24) is 4.98 Å². The first-order valence-electron chi connectivity index (χ1n) is 6.85. The normalized spacial score (nSPS) is 10.7. The van der Waals surface area contributed by atoms with Gasteiger partial charge in [0.15, 0.2) is 5.58 Å². The molecular formula is C17H16N2O3. The van der Waals surface area contributed by atoms with E-state index in [0.717, 1.165) is 22.2 Å². The van der Waals surface area contributed by atoms with Crippen molar-refractivity contribution in [3.8, 4) is 11.1 Å². The quantitative estimate of drug-likeness (QED) is 0.694. The standard InChI is InChI=1S/C17H16N2O3/c1-19(2)17-18-14-10-13(8-9-15(14)22-17)11-4-6-12(7-5-11)16(20)21-3/h4-10H,1-3H3. The number of fused-ring (bicyclic) bond motifs is 1. The molecule has 112 valence electrons. The van der Waals surface area contributed by atoms with E-state index < -0.39 is 0 Å². The predicted molar refractivity (Wildman–Crippen MR) is 85.1 cm³/mol. The van der Waals surface area contributed by atoms with Crippen molar-refractivity contribution in [1.29, 1.82) is 0 Å². The van der Waals surface area contributed by atoms with Crippen LogP contribution in [0.15, 0.2) is 46.9 Å². The first-order chi connectivity index (χ1) is 10.6. The lowest BCUT2D eigenvalue weighted by Crippen LogP contribution is -2.08. The highest BCUT2D eigenvalue weighted by Crippen LogP contribution is 2.27. The Kier molecular flexibility index (Phi) is 3.55. The second-order valence-corrected chi connectivity index (χ2v) is 5.14. The zero-order valence-corrected chi connectivity index (χ0v) is 12.7. The molecule has 0 saturated carbocycles. The minimum absolute atomic E-state index is 0.339. The molecule has 0 saturated heterocycles. The van der Waals surface area contributed by atoms with Crippen molar-refractivity contribution in [3.05, 3.63) is 48.0 Å². The van der Waals surface area contributed by atoms with Crippen LogP contribution in [0.3, 0.4) is 0 Å². The van der Waals surface area contributed by atoms with Crippen LogP contribution in [-0.2, 0) is 4.74 Å². The van der Waals surface area contributed by atoms with E-state index >= 15 is 0 Å². The van der Waals surface area contributed by atoms with Crippen molar-refractivity contribution in [2.24, 2.45) is 0 Å². The number of esters is 1. The number of hydrogen-bond donors (Lipinski definition) is 0. The number of hydrogen-bond acceptors (Lipinski definition) is 5. The highest BCUT2D eigenvalue weighted by atomic mass is 16.5. The van der Waals surface area contributed by atoms with E-state index in [1.165, 1.54) is 7.11 Å². The number of ether oxygens (including phenoxy) is 1. The van der Waals surface area contributed by atoms with Gasteiger partial charge in [-0.3, -0.25) is 0 Å². The van der Waals surface area contributed by atoms with Gasteiger partial charge in [-0.2, -0.15) is 4.98 Å². The van der Waals surface area contributed by atoms with Crippen molar-refractivity contribution in [2.75, 3.05) is 26.1 Å². The molecule has 1 heterocycles. The lowest BCUT2D eigenvalue weighted by atomic mass is 10.0. The number of nitrogens with zero attached hydrogens (tertiary/aromatic N) is 2. The van der Waals surface area contributed by atoms with Crippen molar-refractivity contribution >= 4 is 23.1 Å². The van der Waals surface area contributed by atoms with Crippen LogP contribution < -0.4 is 4.90 Å². The molecule has 0 fully saturated rings. The topological polar surface area (TPSA) is 55.6 Å². The van der Waals surface area contributed by atoms with Crippen LogP contribution in [0.1, 0.15) is 10.4 Å². The summed E-state index contributed by atoms with van der Waals surface area (Å²) in [7, 11) is 5.14. The molecule has 1 aromatic heterocycles. The van der Waals surface area contributed by atoms with E-state index in [-0.39, 0.29) is 5.97 Å². The predicted octanol–water partition coefficient (Wildman–Crippen LogP) is 3.35. The van der Waals surface area contributed by atoms with Gasteiger partial charge in [0.1, 0.15) is 5.52 Å². The average Bonchev–Trinajstić information content (AvgIpc) is 2.97. The van der Waals surface area contributed by atoms with Gasteiger partial charge in [0.25, 0.3) is 6.01 Å². The van der Waals surface area contributed by atoms with Gasteiger partial charge in [0.05, 0.1) is 12.7 Å². The molecule has 3 rings (SSSR count). The van der Waals surface area contributed by atoms with Gasteiger partial charge in [-0.05, 0) is 35.4 Å². The maximum atomic E-state index is 11.5. The van der Waals surface area contributed by atoms with Crippen LogP contribution in [0.25, 0.3) is 22.2 Å². The molecule has 0 N–H and O–H groups in total. The molecule has 0 aliphatic heterocycles. The zero-order valence-electron chi connectivity index (χ0n) is 12.7. The van der Waals surface area contributed by atoms with E-state index in [0.29, 0.717) is 11.6 Å². The summed E-state index contributed by atoms with van der Waals surface area (Å²) in [5, 5.41) is 0. The monoisotopic (exact) mass is 296 g/mol. The minimum atomic E-state index is -0.339. The second-order valence-electron chi connectivity index (χ2n) is 5.14. The number of benzene rings is 2. The van der Waals surface area contributed by atoms with Gasteiger partial charge in [0.2, 0.25) is 0 Å². The van der Waals surface area contributed by atoms with Gasteiger partial charge in [0, 0.05) is 14.1 Å². The summed E-state index contributed by atoms with van der Waals surface area (Å²) < 4.78 is 10.3. The fourth-order valence-corrected chi connectivity index (χ4v) is 2.20.